The molecule has 1 aliphatic carbocycles. The van der Waals surface area contributed by atoms with E-state index in [1.165, 1.54) is 6.07 Å². The zero-order valence-corrected chi connectivity index (χ0v) is 15.7. The van der Waals surface area contributed by atoms with Gasteiger partial charge in [0.1, 0.15) is 5.82 Å². The van der Waals surface area contributed by atoms with Crippen molar-refractivity contribution in [2.75, 3.05) is 12.4 Å². The van der Waals surface area contributed by atoms with E-state index in [1.807, 2.05) is 0 Å². The van der Waals surface area contributed by atoms with Gasteiger partial charge in [0, 0.05) is 36.0 Å². The third-order valence-electron chi connectivity index (χ3n) is 4.71. The van der Waals surface area contributed by atoms with Crippen molar-refractivity contribution >= 4 is 21.7 Å². The number of sulfonamides is 1. The molecule has 0 spiro atoms. The summed E-state index contributed by atoms with van der Waals surface area (Å²) in [6.07, 6.45) is 2.19. The third-order valence-corrected chi connectivity index (χ3v) is 6.29. The van der Waals surface area contributed by atoms with Crippen LogP contribution < -0.4 is 21.9 Å². The predicted octanol–water partition coefficient (Wildman–Crippen LogP) is 0.337. The zero-order chi connectivity index (χ0) is 19.9. The molecule has 1 aliphatic heterocycles. The Bertz CT molecular complexity index is 1100. The van der Waals surface area contributed by atoms with Crippen LogP contribution in [0.3, 0.4) is 0 Å². The number of nitrogens with one attached hydrogen (secondary N) is 1. The molecule has 7 N–H and O–H groups in total. The number of nitrogen functional groups attached to an aromatic ring is 1. The molecule has 146 valence electrons. The number of nitrogens with two attached hydrogens (primary N) is 3. The van der Waals surface area contributed by atoms with Gasteiger partial charge in [-0.3, -0.25) is 0 Å². The minimum absolute atomic E-state index is 0.0369. The number of benzene rings is 1. The average Bonchev–Trinajstić information content (AvgIpc) is 3.12. The maximum absolute atomic E-state index is 12.9. The van der Waals surface area contributed by atoms with Crippen LogP contribution in [0.2, 0.25) is 0 Å². The quantitative estimate of drug-likeness (QED) is 0.543. The van der Waals surface area contributed by atoms with Crippen LogP contribution in [0, 0.1) is 0 Å². The van der Waals surface area contributed by atoms with Crippen LogP contribution in [0.25, 0.3) is 11.1 Å². The van der Waals surface area contributed by atoms with Crippen molar-refractivity contribution in [1.29, 1.82) is 0 Å². The van der Waals surface area contributed by atoms with Crippen molar-refractivity contribution in [2.45, 2.75) is 29.9 Å². The van der Waals surface area contributed by atoms with Gasteiger partial charge in [-0.05, 0) is 35.7 Å². The second-order valence-corrected chi connectivity index (χ2v) is 8.28. The van der Waals surface area contributed by atoms with Crippen molar-refractivity contribution in [2.24, 2.45) is 26.7 Å². The van der Waals surface area contributed by atoms with Gasteiger partial charge in [-0.25, -0.2) is 23.1 Å². The van der Waals surface area contributed by atoms with Crippen molar-refractivity contribution < 1.29 is 8.42 Å². The molecule has 1 aromatic heterocycles. The highest BCUT2D eigenvalue weighted by molar-refractivity contribution is 7.89. The first-order chi connectivity index (χ1) is 13.4. The van der Waals surface area contributed by atoms with Crippen LogP contribution in [-0.2, 0) is 16.6 Å². The summed E-state index contributed by atoms with van der Waals surface area (Å²) in [6, 6.07) is 6.28. The molecular weight excluding hydrogens is 380 g/mol. The molecule has 0 unspecified atom stereocenters. The summed E-state index contributed by atoms with van der Waals surface area (Å²) in [5, 5.41) is 7.95. The Morgan fingerprint density at radius 3 is 2.61 bits per heavy atom. The minimum atomic E-state index is -3.82. The molecule has 2 aromatic rings. The van der Waals surface area contributed by atoms with Gasteiger partial charge in [0.25, 0.3) is 0 Å². The van der Waals surface area contributed by atoms with E-state index >= 15 is 0 Å². The third kappa shape index (κ3) is 3.29. The van der Waals surface area contributed by atoms with E-state index in [4.69, 9.17) is 17.2 Å². The van der Waals surface area contributed by atoms with Crippen LogP contribution >= 0.6 is 0 Å². The molecule has 2 atom stereocenters. The lowest BCUT2D eigenvalue weighted by molar-refractivity contribution is 0.578. The van der Waals surface area contributed by atoms with Crippen LogP contribution in [0.15, 0.2) is 50.6 Å². The fourth-order valence-corrected chi connectivity index (χ4v) is 4.73. The van der Waals surface area contributed by atoms with E-state index in [0.29, 0.717) is 40.3 Å². The molecule has 10 nitrogen and oxygen atoms in total. The van der Waals surface area contributed by atoms with Gasteiger partial charge < -0.3 is 17.2 Å². The van der Waals surface area contributed by atoms with Gasteiger partial charge >= 0.3 is 0 Å². The van der Waals surface area contributed by atoms with Crippen molar-refractivity contribution in [3.8, 4) is 11.1 Å². The summed E-state index contributed by atoms with van der Waals surface area (Å²) in [4.78, 5) is 8.45. The Labute approximate surface area is 162 Å². The maximum Gasteiger partial charge on any atom is 0.241 e. The first-order valence-corrected chi connectivity index (χ1v) is 10.2. The number of nitrogens with zero attached hydrogens (tertiary/aromatic N) is 4. The topological polar surface area (TPSA) is 174 Å². The summed E-state index contributed by atoms with van der Waals surface area (Å²) in [5.41, 5.74) is 19.9. The summed E-state index contributed by atoms with van der Waals surface area (Å²) in [5.74, 6) is 0.624. The molecular formula is C17H20N8O2S. The molecule has 0 radical (unpaired) electrons. The molecule has 1 aromatic carbocycles. The molecule has 11 heteroatoms. The number of aromatic nitrogens is 1. The second kappa shape index (κ2) is 7.02. The normalized spacial score (nSPS) is 21.0. The lowest BCUT2D eigenvalue weighted by atomic mass is 9.94. The number of pyridine rings is 1. The summed E-state index contributed by atoms with van der Waals surface area (Å²) in [6.45, 7) is 0.137. The van der Waals surface area contributed by atoms with E-state index < -0.39 is 10.0 Å². The number of aliphatic imine (C=N–C) groups is 1. The molecule has 0 saturated heterocycles. The smallest absolute Gasteiger partial charge is 0.241 e. The Balaban J connectivity index is 1.93. The predicted molar refractivity (Wildman–Crippen MR) is 105 cm³/mol. The molecule has 1 fully saturated rings. The standard InChI is InChI=1S/C17H20N8O2S/c18-7-11-14(28(26,27)25-13-6-12(13)19)4-3-9(10-2-1-5-21-16(10)20)15(11)17-22-8-23-24-17/h1-5,12-13,25H,6-8,18-19H2,(H2,20,21)/t12-,13-/m0/s1. The largest absolute Gasteiger partial charge is 0.383 e. The number of rotatable bonds is 6. The number of azo groups is 1. The highest BCUT2D eigenvalue weighted by Crippen LogP contribution is 2.35. The fourth-order valence-electron chi connectivity index (χ4n) is 3.18. The lowest BCUT2D eigenvalue weighted by Gasteiger charge is -2.18. The van der Waals surface area contributed by atoms with E-state index in [9.17, 15) is 8.42 Å². The second-order valence-electron chi connectivity index (χ2n) is 6.60. The summed E-state index contributed by atoms with van der Waals surface area (Å²) < 4.78 is 28.5. The van der Waals surface area contributed by atoms with Crippen molar-refractivity contribution in [3.63, 3.8) is 0 Å². The van der Waals surface area contributed by atoms with Crippen molar-refractivity contribution in [3.05, 3.63) is 41.6 Å². The number of hydrogen-bond donors (Lipinski definition) is 4. The number of anilines is 1. The van der Waals surface area contributed by atoms with Crippen LogP contribution in [0.4, 0.5) is 5.82 Å². The van der Waals surface area contributed by atoms with Gasteiger partial charge in [0.2, 0.25) is 10.0 Å². The first kappa shape index (κ1) is 18.6. The average molecular weight is 400 g/mol. The summed E-state index contributed by atoms with van der Waals surface area (Å²) in [7, 11) is -3.82. The Kier molecular flexibility index (Phi) is 4.67. The molecule has 28 heavy (non-hydrogen) atoms. The maximum atomic E-state index is 12.9. The first-order valence-electron chi connectivity index (χ1n) is 8.69. The van der Waals surface area contributed by atoms with Gasteiger partial charge in [-0.2, -0.15) is 5.11 Å². The van der Waals surface area contributed by atoms with E-state index in [2.05, 4.69) is 24.9 Å². The van der Waals surface area contributed by atoms with Crippen LogP contribution in [0.5, 0.6) is 0 Å². The van der Waals surface area contributed by atoms with Crippen LogP contribution in [0.1, 0.15) is 17.5 Å². The van der Waals surface area contributed by atoms with Gasteiger partial charge in [-0.15, -0.1) is 5.11 Å². The zero-order valence-electron chi connectivity index (χ0n) is 14.9. The lowest BCUT2D eigenvalue weighted by Crippen LogP contribution is -2.31. The van der Waals surface area contributed by atoms with Gasteiger partial charge in [0.15, 0.2) is 12.5 Å². The van der Waals surface area contributed by atoms with Gasteiger partial charge in [0.05, 0.1) is 4.90 Å². The molecule has 2 aliphatic rings. The molecule has 0 bridgehead atoms. The van der Waals surface area contributed by atoms with Crippen LogP contribution in [-0.4, -0.2) is 38.0 Å². The Hall–Kier alpha value is -2.73. The molecule has 2 heterocycles. The number of hydrogen-bond acceptors (Lipinski definition) is 9. The van der Waals surface area contributed by atoms with E-state index in [0.717, 1.165) is 0 Å². The molecule has 1 saturated carbocycles. The van der Waals surface area contributed by atoms with E-state index in [-0.39, 0.29) is 30.2 Å². The highest BCUT2D eigenvalue weighted by Gasteiger charge is 2.38. The Morgan fingerprint density at radius 2 is 2.00 bits per heavy atom. The van der Waals surface area contributed by atoms with E-state index in [1.54, 1.807) is 24.4 Å². The monoisotopic (exact) mass is 400 g/mol. The SMILES string of the molecule is NCc1c(S(=O)(=O)N[C@H]2C[C@@H]2N)ccc(-c2cccnc2N)c1C1=NCN=N1. The van der Waals surface area contributed by atoms with Crippen molar-refractivity contribution in [1.82, 2.24) is 9.71 Å². The molecule has 4 rings (SSSR count). The molecule has 0 amide bonds. The highest BCUT2D eigenvalue weighted by atomic mass is 32.2. The fraction of sp³-hybridized carbons (Fsp3) is 0.294. The minimum Gasteiger partial charge on any atom is -0.383 e. The summed E-state index contributed by atoms with van der Waals surface area (Å²) >= 11 is 0. The Morgan fingerprint density at radius 1 is 1.21 bits per heavy atom. The number of amidine groups is 1. The van der Waals surface area contributed by atoms with Gasteiger partial charge in [-0.1, -0.05) is 6.07 Å².